The summed E-state index contributed by atoms with van der Waals surface area (Å²) in [7, 11) is 3.26. The van der Waals surface area contributed by atoms with Gasteiger partial charge in [-0.05, 0) is 55.2 Å². The molecule has 0 saturated carbocycles. The van der Waals surface area contributed by atoms with Crippen LogP contribution < -0.4 is 14.8 Å². The molecule has 2 aliphatic rings. The summed E-state index contributed by atoms with van der Waals surface area (Å²) in [5.74, 6) is 1.45. The number of benzene rings is 2. The number of carbonyl (C=O) groups is 2. The van der Waals surface area contributed by atoms with Crippen LogP contribution in [0.15, 0.2) is 48.5 Å². The molecule has 2 aromatic carbocycles. The summed E-state index contributed by atoms with van der Waals surface area (Å²) in [5, 5.41) is 4.11. The molecule has 2 amide bonds. The highest BCUT2D eigenvalue weighted by atomic mass is 16.5. The predicted molar refractivity (Wildman–Crippen MR) is 121 cm³/mol. The van der Waals surface area contributed by atoms with Gasteiger partial charge in [0, 0.05) is 23.9 Å². The van der Waals surface area contributed by atoms with Crippen LogP contribution in [0.4, 0.5) is 0 Å². The van der Waals surface area contributed by atoms with Gasteiger partial charge in [0.05, 0.1) is 25.8 Å². The number of hydrogen-bond donors (Lipinski definition) is 2. The lowest BCUT2D eigenvalue weighted by Gasteiger charge is -2.48. The molecule has 2 aliphatic heterocycles. The number of H-pyrrole nitrogens is 1. The molecule has 2 saturated heterocycles. The van der Waals surface area contributed by atoms with E-state index in [1.807, 2.05) is 53.4 Å². The Morgan fingerprint density at radius 1 is 1.09 bits per heavy atom. The molecule has 2 fully saturated rings. The summed E-state index contributed by atoms with van der Waals surface area (Å²) < 4.78 is 10.8. The van der Waals surface area contributed by atoms with Crippen molar-refractivity contribution in [2.45, 2.75) is 37.3 Å². The second kappa shape index (κ2) is 7.89. The van der Waals surface area contributed by atoms with Gasteiger partial charge in [-0.15, -0.1) is 0 Å². The SMILES string of the molecule is COc1ccc([C@H]2N(C(=O)c3cc4c(OC)cccc4[nH]3)CCC[C@]23CCC(=O)N3)cc1. The monoisotopic (exact) mass is 433 g/mol. The summed E-state index contributed by atoms with van der Waals surface area (Å²) >= 11 is 0. The van der Waals surface area contributed by atoms with Crippen LogP contribution in [0.5, 0.6) is 11.5 Å². The lowest BCUT2D eigenvalue weighted by molar-refractivity contribution is -0.120. The number of fused-ring (bicyclic) bond motifs is 1. The summed E-state index contributed by atoms with van der Waals surface area (Å²) in [5.41, 5.74) is 1.91. The number of nitrogens with one attached hydrogen (secondary N) is 2. The van der Waals surface area contributed by atoms with Crippen molar-refractivity contribution in [1.82, 2.24) is 15.2 Å². The lowest BCUT2D eigenvalue weighted by atomic mass is 9.76. The molecular weight excluding hydrogens is 406 g/mol. The third kappa shape index (κ3) is 3.28. The molecule has 166 valence electrons. The summed E-state index contributed by atoms with van der Waals surface area (Å²) in [4.78, 5) is 31.3. The van der Waals surface area contributed by atoms with Crippen LogP contribution >= 0.6 is 0 Å². The number of hydrogen-bond acceptors (Lipinski definition) is 4. The van der Waals surface area contributed by atoms with Crippen molar-refractivity contribution in [3.8, 4) is 11.5 Å². The Balaban J connectivity index is 1.57. The van der Waals surface area contributed by atoms with Gasteiger partial charge in [0.25, 0.3) is 5.91 Å². The Morgan fingerprint density at radius 2 is 1.91 bits per heavy atom. The predicted octanol–water partition coefficient (Wildman–Crippen LogP) is 3.81. The normalized spacial score (nSPS) is 22.9. The zero-order valence-electron chi connectivity index (χ0n) is 18.3. The number of carbonyl (C=O) groups excluding carboxylic acids is 2. The van der Waals surface area contributed by atoms with Crippen LogP contribution in [0.2, 0.25) is 0 Å². The van der Waals surface area contributed by atoms with Gasteiger partial charge in [-0.2, -0.15) is 0 Å². The van der Waals surface area contributed by atoms with E-state index in [9.17, 15) is 9.59 Å². The Labute approximate surface area is 186 Å². The Bertz CT molecular complexity index is 1170. The first-order valence-electron chi connectivity index (χ1n) is 11.0. The van der Waals surface area contributed by atoms with Crippen molar-refractivity contribution in [2.24, 2.45) is 0 Å². The average Bonchev–Trinajstić information content (AvgIpc) is 3.42. The summed E-state index contributed by atoms with van der Waals surface area (Å²) in [6, 6.07) is 15.1. The molecule has 1 spiro atoms. The van der Waals surface area contributed by atoms with Gasteiger partial charge in [0.2, 0.25) is 5.91 Å². The van der Waals surface area contributed by atoms with E-state index in [1.54, 1.807) is 14.2 Å². The fourth-order valence-electron chi connectivity index (χ4n) is 5.34. The summed E-state index contributed by atoms with van der Waals surface area (Å²) in [6.07, 6.45) is 2.88. The van der Waals surface area contributed by atoms with Crippen LogP contribution in [0, 0.1) is 0 Å². The van der Waals surface area contributed by atoms with E-state index >= 15 is 0 Å². The molecule has 2 atom stereocenters. The van der Waals surface area contributed by atoms with Crippen LogP contribution in [0.25, 0.3) is 10.9 Å². The maximum absolute atomic E-state index is 13.8. The van der Waals surface area contributed by atoms with Crippen molar-refractivity contribution < 1.29 is 19.1 Å². The molecule has 0 unspecified atom stereocenters. The molecular formula is C25H27N3O4. The highest BCUT2D eigenvalue weighted by Crippen LogP contribution is 2.45. The Morgan fingerprint density at radius 3 is 2.59 bits per heavy atom. The first kappa shape index (κ1) is 20.4. The molecule has 7 heteroatoms. The fraction of sp³-hybridized carbons (Fsp3) is 0.360. The van der Waals surface area contributed by atoms with E-state index in [4.69, 9.17) is 9.47 Å². The molecule has 0 bridgehead atoms. The van der Waals surface area contributed by atoms with Gasteiger partial charge in [-0.25, -0.2) is 0 Å². The number of aromatic nitrogens is 1. The van der Waals surface area contributed by atoms with Gasteiger partial charge < -0.3 is 24.7 Å². The molecule has 0 radical (unpaired) electrons. The minimum Gasteiger partial charge on any atom is -0.497 e. The van der Waals surface area contributed by atoms with Gasteiger partial charge in [-0.1, -0.05) is 18.2 Å². The third-order valence-corrected chi connectivity index (χ3v) is 6.81. The minimum atomic E-state index is -0.455. The van der Waals surface area contributed by atoms with Crippen LogP contribution in [-0.2, 0) is 4.79 Å². The van der Waals surface area contributed by atoms with Crippen molar-refractivity contribution in [2.75, 3.05) is 20.8 Å². The minimum absolute atomic E-state index is 0.0492. The molecule has 1 aromatic heterocycles. The van der Waals surface area contributed by atoms with Crippen LogP contribution in [0.1, 0.15) is 47.8 Å². The summed E-state index contributed by atoms with van der Waals surface area (Å²) in [6.45, 7) is 0.625. The number of amides is 2. The Kier molecular flexibility index (Phi) is 5.04. The van der Waals surface area contributed by atoms with Crippen molar-refractivity contribution in [3.63, 3.8) is 0 Å². The number of methoxy groups -OCH3 is 2. The van der Waals surface area contributed by atoms with E-state index in [0.29, 0.717) is 25.1 Å². The Hall–Kier alpha value is -3.48. The largest absolute Gasteiger partial charge is 0.497 e. The zero-order valence-corrected chi connectivity index (χ0v) is 18.3. The highest BCUT2D eigenvalue weighted by Gasteiger charge is 2.51. The van der Waals surface area contributed by atoms with Gasteiger partial charge in [-0.3, -0.25) is 9.59 Å². The van der Waals surface area contributed by atoms with E-state index in [1.165, 1.54) is 0 Å². The van der Waals surface area contributed by atoms with Crippen LogP contribution in [-0.4, -0.2) is 48.0 Å². The molecule has 2 N–H and O–H groups in total. The van der Waals surface area contributed by atoms with E-state index < -0.39 is 5.54 Å². The second-order valence-electron chi connectivity index (χ2n) is 8.59. The van der Waals surface area contributed by atoms with Crippen molar-refractivity contribution in [3.05, 3.63) is 59.8 Å². The quantitative estimate of drug-likeness (QED) is 0.655. The average molecular weight is 434 g/mol. The van der Waals surface area contributed by atoms with Crippen LogP contribution in [0.3, 0.4) is 0 Å². The number of rotatable bonds is 4. The van der Waals surface area contributed by atoms with Gasteiger partial charge >= 0.3 is 0 Å². The standard InChI is InChI=1S/C25H27N3O4/c1-31-17-9-7-16(8-10-17)23-25(13-11-22(29)27-25)12-4-14-28(23)24(30)20-15-18-19(26-20)5-3-6-21(18)32-2/h3,5-10,15,23,26H,4,11-14H2,1-2H3,(H,27,29)/t23-,25+/m1/s1. The number of likely N-dealkylation sites (tertiary alicyclic amines) is 1. The second-order valence-corrected chi connectivity index (χ2v) is 8.59. The molecule has 7 nitrogen and oxygen atoms in total. The maximum atomic E-state index is 13.8. The number of nitrogens with zero attached hydrogens (tertiary/aromatic N) is 1. The highest BCUT2D eigenvalue weighted by molar-refractivity contribution is 6.00. The molecule has 0 aliphatic carbocycles. The smallest absolute Gasteiger partial charge is 0.270 e. The van der Waals surface area contributed by atoms with E-state index in [-0.39, 0.29) is 17.9 Å². The first-order chi connectivity index (χ1) is 15.5. The molecule has 3 aromatic rings. The fourth-order valence-corrected chi connectivity index (χ4v) is 5.34. The first-order valence-corrected chi connectivity index (χ1v) is 11.0. The van der Waals surface area contributed by atoms with Gasteiger partial charge in [0.1, 0.15) is 17.2 Å². The number of ether oxygens (including phenoxy) is 2. The molecule has 32 heavy (non-hydrogen) atoms. The van der Waals surface area contributed by atoms with E-state index in [2.05, 4.69) is 10.3 Å². The maximum Gasteiger partial charge on any atom is 0.270 e. The number of aromatic amines is 1. The number of piperidine rings is 1. The van der Waals surface area contributed by atoms with Crippen molar-refractivity contribution >= 4 is 22.7 Å². The van der Waals surface area contributed by atoms with Gasteiger partial charge in [0.15, 0.2) is 0 Å². The topological polar surface area (TPSA) is 83.7 Å². The zero-order chi connectivity index (χ0) is 22.3. The van der Waals surface area contributed by atoms with E-state index in [0.717, 1.165) is 40.8 Å². The van der Waals surface area contributed by atoms with Crippen molar-refractivity contribution in [1.29, 1.82) is 0 Å². The molecule has 5 rings (SSSR count). The molecule has 3 heterocycles. The lowest BCUT2D eigenvalue weighted by Crippen LogP contribution is -2.58. The third-order valence-electron chi connectivity index (χ3n) is 6.81.